The number of halogens is 1. The maximum absolute atomic E-state index is 12.7. The molecule has 0 fully saturated rings. The Labute approximate surface area is 151 Å². The Bertz CT molecular complexity index is 738. The topological polar surface area (TPSA) is 84.3 Å². The van der Waals surface area contributed by atoms with E-state index in [9.17, 15) is 14.9 Å². The van der Waals surface area contributed by atoms with Crippen LogP contribution in [0.15, 0.2) is 48.5 Å². The number of nitrogens with one attached hydrogen (secondary N) is 2. The summed E-state index contributed by atoms with van der Waals surface area (Å²) in [5, 5.41) is 17.0. The second kappa shape index (κ2) is 9.15. The molecule has 2 aromatic carbocycles. The molecule has 0 radical (unpaired) electrons. The molecular weight excluding hydrogens is 342 g/mol. The fourth-order valence-electron chi connectivity index (χ4n) is 2.38. The van der Waals surface area contributed by atoms with E-state index in [2.05, 4.69) is 17.6 Å². The molecule has 0 unspecified atom stereocenters. The number of nitro groups is 1. The summed E-state index contributed by atoms with van der Waals surface area (Å²) in [4.78, 5) is 23.1. The lowest BCUT2D eigenvalue weighted by atomic mass is 10.1. The van der Waals surface area contributed by atoms with Crippen molar-refractivity contribution in [2.75, 3.05) is 11.9 Å². The van der Waals surface area contributed by atoms with Crippen LogP contribution in [0, 0.1) is 10.1 Å². The number of carbonyl (C=O) groups is 1. The van der Waals surface area contributed by atoms with E-state index < -0.39 is 11.0 Å². The standard InChI is InChI=1S/C18H20ClN3O3/c1-2-3-11-20-17(13-7-5-4-6-8-13)18(23)21-14-9-10-15(19)16(12-14)22(24)25/h4-10,12,17,20H,2-3,11H2,1H3,(H,21,23)/t17-/m0/s1. The second-order valence-corrected chi connectivity index (χ2v) is 5.97. The minimum Gasteiger partial charge on any atom is -0.324 e. The highest BCUT2D eigenvalue weighted by Gasteiger charge is 2.21. The minimum atomic E-state index is -0.577. The van der Waals surface area contributed by atoms with Crippen LogP contribution in [0.1, 0.15) is 31.4 Å². The highest BCUT2D eigenvalue weighted by Crippen LogP contribution is 2.28. The van der Waals surface area contributed by atoms with E-state index in [0.29, 0.717) is 12.2 Å². The van der Waals surface area contributed by atoms with E-state index in [1.54, 1.807) is 6.07 Å². The first kappa shape index (κ1) is 18.9. The van der Waals surface area contributed by atoms with Crippen molar-refractivity contribution in [2.24, 2.45) is 0 Å². The largest absolute Gasteiger partial charge is 0.324 e. The van der Waals surface area contributed by atoms with Gasteiger partial charge in [0.25, 0.3) is 5.69 Å². The van der Waals surface area contributed by atoms with Crippen molar-refractivity contribution in [1.29, 1.82) is 0 Å². The van der Waals surface area contributed by atoms with Crippen molar-refractivity contribution in [2.45, 2.75) is 25.8 Å². The number of benzene rings is 2. The number of hydrogen-bond donors (Lipinski definition) is 2. The van der Waals surface area contributed by atoms with Crippen LogP contribution in [-0.4, -0.2) is 17.4 Å². The van der Waals surface area contributed by atoms with Gasteiger partial charge in [0.05, 0.1) is 4.92 Å². The van der Waals surface area contributed by atoms with Crippen molar-refractivity contribution in [1.82, 2.24) is 5.32 Å². The number of rotatable bonds is 8. The van der Waals surface area contributed by atoms with Gasteiger partial charge in [-0.2, -0.15) is 0 Å². The van der Waals surface area contributed by atoms with Gasteiger partial charge in [0.15, 0.2) is 0 Å². The predicted octanol–water partition coefficient (Wildman–Crippen LogP) is 4.32. The van der Waals surface area contributed by atoms with Crippen molar-refractivity contribution < 1.29 is 9.72 Å². The maximum Gasteiger partial charge on any atom is 0.289 e. The highest BCUT2D eigenvalue weighted by molar-refractivity contribution is 6.32. The lowest BCUT2D eigenvalue weighted by Gasteiger charge is -2.19. The smallest absolute Gasteiger partial charge is 0.289 e. The van der Waals surface area contributed by atoms with Crippen molar-refractivity contribution in [3.63, 3.8) is 0 Å². The molecule has 0 aliphatic heterocycles. The second-order valence-electron chi connectivity index (χ2n) is 5.56. The summed E-state index contributed by atoms with van der Waals surface area (Å²) in [5.41, 5.74) is 0.925. The average Bonchev–Trinajstić information content (AvgIpc) is 2.61. The van der Waals surface area contributed by atoms with Crippen molar-refractivity contribution in [3.05, 3.63) is 69.2 Å². The molecular formula is C18H20ClN3O3. The summed E-state index contributed by atoms with van der Waals surface area (Å²) in [7, 11) is 0. The first-order valence-electron chi connectivity index (χ1n) is 8.06. The van der Waals surface area contributed by atoms with E-state index in [1.165, 1.54) is 12.1 Å². The molecule has 25 heavy (non-hydrogen) atoms. The molecule has 2 rings (SSSR count). The molecule has 0 saturated heterocycles. The van der Waals surface area contributed by atoms with Gasteiger partial charge < -0.3 is 10.6 Å². The molecule has 132 valence electrons. The molecule has 2 N–H and O–H groups in total. The summed E-state index contributed by atoms with van der Waals surface area (Å²) in [6, 6.07) is 13.0. The van der Waals surface area contributed by atoms with Gasteiger partial charge in [-0.15, -0.1) is 0 Å². The van der Waals surface area contributed by atoms with Gasteiger partial charge in [0, 0.05) is 11.8 Å². The number of nitrogens with zero attached hydrogens (tertiary/aromatic N) is 1. The Balaban J connectivity index is 2.19. The van der Waals surface area contributed by atoms with Gasteiger partial charge in [0.2, 0.25) is 5.91 Å². The van der Waals surface area contributed by atoms with Gasteiger partial charge in [-0.3, -0.25) is 14.9 Å². The zero-order chi connectivity index (χ0) is 18.2. The summed E-state index contributed by atoms with van der Waals surface area (Å²) in [5.74, 6) is -0.279. The van der Waals surface area contributed by atoms with Crippen LogP contribution in [0.25, 0.3) is 0 Å². The van der Waals surface area contributed by atoms with E-state index in [4.69, 9.17) is 11.6 Å². The Morgan fingerprint density at radius 3 is 2.60 bits per heavy atom. The third-order valence-electron chi connectivity index (χ3n) is 3.68. The zero-order valence-electron chi connectivity index (χ0n) is 13.9. The van der Waals surface area contributed by atoms with Crippen LogP contribution in [0.2, 0.25) is 5.02 Å². The van der Waals surface area contributed by atoms with Crippen molar-refractivity contribution >= 4 is 28.9 Å². The number of carbonyl (C=O) groups excluding carboxylic acids is 1. The molecule has 0 heterocycles. The third-order valence-corrected chi connectivity index (χ3v) is 4.00. The van der Waals surface area contributed by atoms with Crippen LogP contribution in [0.3, 0.4) is 0 Å². The number of unbranched alkanes of at least 4 members (excludes halogenated alkanes) is 1. The molecule has 1 amide bonds. The number of hydrogen-bond acceptors (Lipinski definition) is 4. The summed E-state index contributed by atoms with van der Waals surface area (Å²) in [6.45, 7) is 2.77. The number of amides is 1. The first-order valence-corrected chi connectivity index (χ1v) is 8.44. The average molecular weight is 362 g/mol. The Hall–Kier alpha value is -2.44. The van der Waals surface area contributed by atoms with Crippen LogP contribution in [0.5, 0.6) is 0 Å². The van der Waals surface area contributed by atoms with Crippen LogP contribution in [-0.2, 0) is 4.79 Å². The van der Waals surface area contributed by atoms with Gasteiger partial charge in [-0.05, 0) is 30.7 Å². The molecule has 6 nitrogen and oxygen atoms in total. The molecule has 7 heteroatoms. The van der Waals surface area contributed by atoms with Gasteiger partial charge in [0.1, 0.15) is 11.1 Å². The molecule has 0 saturated carbocycles. The fourth-order valence-corrected chi connectivity index (χ4v) is 2.56. The monoisotopic (exact) mass is 361 g/mol. The lowest BCUT2D eigenvalue weighted by molar-refractivity contribution is -0.384. The van der Waals surface area contributed by atoms with E-state index in [-0.39, 0.29) is 16.6 Å². The van der Waals surface area contributed by atoms with Gasteiger partial charge >= 0.3 is 0 Å². The normalized spacial score (nSPS) is 11.8. The lowest BCUT2D eigenvalue weighted by Crippen LogP contribution is -2.33. The van der Waals surface area contributed by atoms with Crippen LogP contribution in [0.4, 0.5) is 11.4 Å². The fraction of sp³-hybridized carbons (Fsp3) is 0.278. The van der Waals surface area contributed by atoms with Gasteiger partial charge in [-0.1, -0.05) is 55.3 Å². The quantitative estimate of drug-likeness (QED) is 0.416. The molecule has 0 aliphatic rings. The number of nitro benzene ring substituents is 1. The van der Waals surface area contributed by atoms with E-state index in [0.717, 1.165) is 18.4 Å². The van der Waals surface area contributed by atoms with Crippen LogP contribution < -0.4 is 10.6 Å². The SMILES string of the molecule is CCCCN[C@H](C(=O)Nc1ccc(Cl)c([N+](=O)[O-])c1)c1ccccc1. The Morgan fingerprint density at radius 2 is 1.96 bits per heavy atom. The molecule has 1 atom stereocenters. The molecule has 0 spiro atoms. The van der Waals surface area contributed by atoms with E-state index in [1.807, 2.05) is 30.3 Å². The van der Waals surface area contributed by atoms with Gasteiger partial charge in [-0.25, -0.2) is 0 Å². The first-order chi connectivity index (χ1) is 12.0. The maximum atomic E-state index is 12.7. The predicted molar refractivity (Wildman–Crippen MR) is 98.8 cm³/mol. The number of anilines is 1. The Kier molecular flexibility index (Phi) is 6.91. The highest BCUT2D eigenvalue weighted by atomic mass is 35.5. The minimum absolute atomic E-state index is 0.0312. The molecule has 0 bridgehead atoms. The molecule has 0 aliphatic carbocycles. The summed E-state index contributed by atoms with van der Waals surface area (Å²) < 4.78 is 0. The Morgan fingerprint density at radius 1 is 1.24 bits per heavy atom. The molecule has 0 aromatic heterocycles. The summed E-state index contributed by atoms with van der Waals surface area (Å²) >= 11 is 5.80. The van der Waals surface area contributed by atoms with E-state index >= 15 is 0 Å². The summed E-state index contributed by atoms with van der Waals surface area (Å²) in [6.07, 6.45) is 1.96. The van der Waals surface area contributed by atoms with Crippen molar-refractivity contribution in [3.8, 4) is 0 Å². The zero-order valence-corrected chi connectivity index (χ0v) is 14.6. The molecule has 2 aromatic rings. The third kappa shape index (κ3) is 5.27. The van der Waals surface area contributed by atoms with Crippen LogP contribution >= 0.6 is 11.6 Å².